The standard InChI is InChI=1S/C11H15F2NO3.ClH/c1-16-7-3-4-9(17-2)8(5-7)10(14)11(12,13)6-15;/h3-5,10,15H,6,14H2,1-2H3;1H/t10-;/m0./s1. The molecule has 7 heteroatoms. The third-order valence-corrected chi connectivity index (χ3v) is 2.44. The summed E-state index contributed by atoms with van der Waals surface area (Å²) in [6.45, 7) is -1.32. The number of aliphatic hydroxyl groups excluding tert-OH is 1. The molecule has 3 N–H and O–H groups in total. The van der Waals surface area contributed by atoms with Crippen molar-refractivity contribution in [3.8, 4) is 11.5 Å². The van der Waals surface area contributed by atoms with Crippen LogP contribution >= 0.6 is 12.4 Å². The number of alkyl halides is 2. The van der Waals surface area contributed by atoms with Crippen LogP contribution in [0.2, 0.25) is 0 Å². The van der Waals surface area contributed by atoms with E-state index in [-0.39, 0.29) is 23.7 Å². The van der Waals surface area contributed by atoms with Crippen LogP contribution in [0.1, 0.15) is 11.6 Å². The highest BCUT2D eigenvalue weighted by Crippen LogP contribution is 2.36. The second-order valence-electron chi connectivity index (χ2n) is 3.50. The van der Waals surface area contributed by atoms with E-state index in [2.05, 4.69) is 0 Å². The van der Waals surface area contributed by atoms with Gasteiger partial charge in [0.25, 0.3) is 5.92 Å². The summed E-state index contributed by atoms with van der Waals surface area (Å²) in [5, 5.41) is 8.61. The maximum atomic E-state index is 13.3. The van der Waals surface area contributed by atoms with Gasteiger partial charge in [0.15, 0.2) is 0 Å². The average Bonchev–Trinajstić information content (AvgIpc) is 2.36. The third-order valence-electron chi connectivity index (χ3n) is 2.44. The van der Waals surface area contributed by atoms with Gasteiger partial charge >= 0.3 is 0 Å². The van der Waals surface area contributed by atoms with Crippen LogP contribution in [0, 0.1) is 0 Å². The van der Waals surface area contributed by atoms with Crippen LogP contribution < -0.4 is 15.2 Å². The summed E-state index contributed by atoms with van der Waals surface area (Å²) < 4.78 is 36.5. The van der Waals surface area contributed by atoms with E-state index in [0.29, 0.717) is 5.75 Å². The molecule has 0 bridgehead atoms. The van der Waals surface area contributed by atoms with Gasteiger partial charge in [0, 0.05) is 5.56 Å². The Kier molecular flexibility index (Phi) is 6.31. The maximum Gasteiger partial charge on any atom is 0.289 e. The molecule has 0 fully saturated rings. The molecule has 0 aliphatic rings. The normalized spacial score (nSPS) is 12.6. The molecule has 1 aromatic carbocycles. The van der Waals surface area contributed by atoms with Gasteiger partial charge in [-0.3, -0.25) is 0 Å². The average molecular weight is 284 g/mol. The number of ether oxygens (including phenoxy) is 2. The fraction of sp³-hybridized carbons (Fsp3) is 0.455. The van der Waals surface area contributed by atoms with E-state index in [9.17, 15) is 8.78 Å². The molecule has 1 rings (SSSR count). The molecule has 0 spiro atoms. The van der Waals surface area contributed by atoms with Gasteiger partial charge in [-0.05, 0) is 18.2 Å². The smallest absolute Gasteiger partial charge is 0.289 e. The molecule has 104 valence electrons. The van der Waals surface area contributed by atoms with Crippen LogP contribution in [0.25, 0.3) is 0 Å². The molecule has 0 saturated carbocycles. The molecule has 0 radical (unpaired) electrons. The highest BCUT2D eigenvalue weighted by Gasteiger charge is 2.39. The van der Waals surface area contributed by atoms with Gasteiger partial charge in [-0.15, -0.1) is 12.4 Å². The highest BCUT2D eigenvalue weighted by atomic mass is 35.5. The maximum absolute atomic E-state index is 13.3. The first-order valence-corrected chi connectivity index (χ1v) is 4.92. The first-order chi connectivity index (χ1) is 7.96. The number of nitrogens with two attached hydrogens (primary N) is 1. The van der Waals surface area contributed by atoms with Crippen molar-refractivity contribution in [1.29, 1.82) is 0 Å². The Bertz CT molecular complexity index is 391. The predicted octanol–water partition coefficient (Wildman–Crippen LogP) is 1.75. The zero-order chi connectivity index (χ0) is 13.1. The molecule has 0 saturated heterocycles. The lowest BCUT2D eigenvalue weighted by atomic mass is 10.0. The zero-order valence-corrected chi connectivity index (χ0v) is 10.8. The van der Waals surface area contributed by atoms with Gasteiger partial charge in [-0.2, -0.15) is 0 Å². The van der Waals surface area contributed by atoms with Crippen molar-refractivity contribution < 1.29 is 23.4 Å². The molecular formula is C11H16ClF2NO3. The lowest BCUT2D eigenvalue weighted by molar-refractivity contribution is -0.0716. The van der Waals surface area contributed by atoms with Crippen LogP contribution in [0.5, 0.6) is 11.5 Å². The van der Waals surface area contributed by atoms with Crippen LogP contribution in [-0.4, -0.2) is 31.9 Å². The third kappa shape index (κ3) is 3.44. The van der Waals surface area contributed by atoms with Gasteiger partial charge in [-0.25, -0.2) is 8.78 Å². The van der Waals surface area contributed by atoms with E-state index < -0.39 is 18.6 Å². The van der Waals surface area contributed by atoms with E-state index >= 15 is 0 Å². The van der Waals surface area contributed by atoms with Gasteiger partial charge in [-0.1, -0.05) is 0 Å². The summed E-state index contributed by atoms with van der Waals surface area (Å²) in [5.41, 5.74) is 5.53. The largest absolute Gasteiger partial charge is 0.497 e. The van der Waals surface area contributed by atoms with Crippen molar-refractivity contribution in [1.82, 2.24) is 0 Å². The van der Waals surface area contributed by atoms with Gasteiger partial charge < -0.3 is 20.3 Å². The van der Waals surface area contributed by atoms with E-state index in [1.54, 1.807) is 6.07 Å². The number of hydrogen-bond donors (Lipinski definition) is 2. The Morgan fingerprint density at radius 3 is 2.39 bits per heavy atom. The predicted molar refractivity (Wildman–Crippen MR) is 65.8 cm³/mol. The van der Waals surface area contributed by atoms with Crippen LogP contribution in [0.4, 0.5) is 8.78 Å². The minimum absolute atomic E-state index is 0. The van der Waals surface area contributed by atoms with Crippen LogP contribution in [0.15, 0.2) is 18.2 Å². The first kappa shape index (κ1) is 16.9. The van der Waals surface area contributed by atoms with Crippen molar-refractivity contribution >= 4 is 12.4 Å². The summed E-state index contributed by atoms with van der Waals surface area (Å²) in [7, 11) is 2.77. The Hall–Kier alpha value is -1.11. The highest BCUT2D eigenvalue weighted by molar-refractivity contribution is 5.85. The van der Waals surface area contributed by atoms with Crippen molar-refractivity contribution in [2.75, 3.05) is 20.8 Å². The SMILES string of the molecule is COc1ccc(OC)c([C@H](N)C(F)(F)CO)c1.Cl. The van der Waals surface area contributed by atoms with E-state index in [4.69, 9.17) is 20.3 Å². The molecule has 0 amide bonds. The number of hydrogen-bond acceptors (Lipinski definition) is 4. The molecular weight excluding hydrogens is 268 g/mol. The molecule has 0 unspecified atom stereocenters. The van der Waals surface area contributed by atoms with Crippen molar-refractivity contribution in [2.45, 2.75) is 12.0 Å². The fourth-order valence-electron chi connectivity index (χ4n) is 1.41. The lowest BCUT2D eigenvalue weighted by Gasteiger charge is -2.23. The molecule has 1 aromatic rings. The second-order valence-corrected chi connectivity index (χ2v) is 3.50. The molecule has 1 atom stereocenters. The lowest BCUT2D eigenvalue weighted by Crippen LogP contribution is -2.36. The number of rotatable bonds is 5. The summed E-state index contributed by atoms with van der Waals surface area (Å²) in [6, 6.07) is 2.78. The zero-order valence-electron chi connectivity index (χ0n) is 10.0. The van der Waals surface area contributed by atoms with E-state index in [1.165, 1.54) is 26.4 Å². The quantitative estimate of drug-likeness (QED) is 0.864. The summed E-state index contributed by atoms with van der Waals surface area (Å²) in [6.07, 6.45) is 0. The van der Waals surface area contributed by atoms with E-state index in [0.717, 1.165) is 0 Å². The second kappa shape index (κ2) is 6.72. The van der Waals surface area contributed by atoms with Crippen molar-refractivity contribution in [3.05, 3.63) is 23.8 Å². The summed E-state index contributed by atoms with van der Waals surface area (Å²) >= 11 is 0. The molecule has 0 aromatic heterocycles. The molecule has 4 nitrogen and oxygen atoms in total. The van der Waals surface area contributed by atoms with Crippen molar-refractivity contribution in [3.63, 3.8) is 0 Å². The summed E-state index contributed by atoms with van der Waals surface area (Å²) in [5.74, 6) is -2.80. The number of halogens is 3. The minimum Gasteiger partial charge on any atom is -0.497 e. The molecule has 0 heterocycles. The minimum atomic E-state index is -3.42. The topological polar surface area (TPSA) is 64.7 Å². The van der Waals surface area contributed by atoms with Crippen molar-refractivity contribution in [2.24, 2.45) is 5.73 Å². The first-order valence-electron chi connectivity index (χ1n) is 4.92. The van der Waals surface area contributed by atoms with Gasteiger partial charge in [0.05, 0.1) is 14.2 Å². The molecule has 18 heavy (non-hydrogen) atoms. The number of benzene rings is 1. The van der Waals surface area contributed by atoms with E-state index in [1.807, 2.05) is 0 Å². The summed E-state index contributed by atoms with van der Waals surface area (Å²) in [4.78, 5) is 0. The molecule has 0 aliphatic carbocycles. The Labute approximate surface area is 110 Å². The Morgan fingerprint density at radius 1 is 1.33 bits per heavy atom. The van der Waals surface area contributed by atoms with Gasteiger partial charge in [0.1, 0.15) is 24.1 Å². The van der Waals surface area contributed by atoms with Gasteiger partial charge in [0.2, 0.25) is 0 Å². The Balaban J connectivity index is 0.00000289. The fourth-order valence-corrected chi connectivity index (χ4v) is 1.41. The van der Waals surface area contributed by atoms with Crippen LogP contribution in [0.3, 0.4) is 0 Å². The Morgan fingerprint density at radius 2 is 1.94 bits per heavy atom. The molecule has 0 aliphatic heterocycles. The van der Waals surface area contributed by atoms with Crippen LogP contribution in [-0.2, 0) is 0 Å². The number of aliphatic hydroxyl groups is 1. The number of methoxy groups -OCH3 is 2. The monoisotopic (exact) mass is 283 g/mol.